The molecule has 0 saturated heterocycles. The second-order valence-corrected chi connectivity index (χ2v) is 8.41. The van der Waals surface area contributed by atoms with Gasteiger partial charge in [-0.15, -0.1) is 0 Å². The Morgan fingerprint density at radius 3 is 2.48 bits per heavy atom. The van der Waals surface area contributed by atoms with Gasteiger partial charge in [-0.05, 0) is 17.7 Å². The predicted molar refractivity (Wildman–Crippen MR) is 97.6 cm³/mol. The first kappa shape index (κ1) is 18.1. The normalized spacial score (nSPS) is 11.8. The maximum atomic E-state index is 5.77. The Bertz CT molecular complexity index is 560. The Hall–Kier alpha value is -1.23. The molecule has 2 aromatic rings. The fourth-order valence-electron chi connectivity index (χ4n) is 2.08. The molecule has 3 nitrogen and oxygen atoms in total. The van der Waals surface area contributed by atoms with Gasteiger partial charge >= 0.3 is 0 Å². The number of nitrogens with one attached hydrogen (secondary N) is 1. The van der Waals surface area contributed by atoms with Crippen molar-refractivity contribution in [2.24, 2.45) is 0 Å². The van der Waals surface area contributed by atoms with Gasteiger partial charge in [0.05, 0.1) is 13.2 Å². The number of benzene rings is 1. The molecule has 23 heavy (non-hydrogen) atoms. The maximum Gasteiger partial charge on any atom is 0.129 e. The Morgan fingerprint density at radius 1 is 1.00 bits per heavy atom. The van der Waals surface area contributed by atoms with Crippen molar-refractivity contribution in [3.05, 3.63) is 59.5 Å². The third-order valence-electron chi connectivity index (χ3n) is 3.19. The van der Waals surface area contributed by atoms with Crippen LogP contribution in [0.1, 0.15) is 37.9 Å². The summed E-state index contributed by atoms with van der Waals surface area (Å²) in [7, 11) is 0. The Balaban J connectivity index is 1.61. The van der Waals surface area contributed by atoms with Crippen LogP contribution in [-0.4, -0.2) is 17.0 Å². The number of hydrogen-bond donors (Lipinski definition) is 1. The van der Waals surface area contributed by atoms with E-state index in [-0.39, 0.29) is 0 Å². The van der Waals surface area contributed by atoms with E-state index >= 15 is 0 Å². The molecule has 0 aliphatic carbocycles. The Morgan fingerprint density at radius 2 is 1.74 bits per heavy atom. The molecule has 0 aliphatic rings. The second-order valence-electron chi connectivity index (χ2n) is 6.48. The van der Waals surface area contributed by atoms with E-state index in [9.17, 15) is 0 Å². The number of thioether (sulfide) groups is 1. The van der Waals surface area contributed by atoms with Gasteiger partial charge in [0.1, 0.15) is 18.1 Å². The van der Waals surface area contributed by atoms with E-state index in [4.69, 9.17) is 9.15 Å². The predicted octanol–water partition coefficient (Wildman–Crippen LogP) is 4.62. The quantitative estimate of drug-likeness (QED) is 0.679. The lowest BCUT2D eigenvalue weighted by molar-refractivity contribution is 0.0920. The van der Waals surface area contributed by atoms with Gasteiger partial charge in [0.2, 0.25) is 0 Å². The van der Waals surface area contributed by atoms with E-state index in [1.165, 1.54) is 5.56 Å². The van der Waals surface area contributed by atoms with Crippen LogP contribution in [0.5, 0.6) is 0 Å². The minimum atomic E-state index is 0.329. The van der Waals surface area contributed by atoms with Gasteiger partial charge < -0.3 is 14.5 Å². The lowest BCUT2D eigenvalue weighted by Gasteiger charge is -2.17. The standard InChI is InChI=1S/C19H27NO2S/c1-19(2,3)23-12-11-20-13-17-9-10-18(22-17)15-21-14-16-7-5-4-6-8-16/h4-10,20H,11-15H2,1-3H3. The highest BCUT2D eigenvalue weighted by Crippen LogP contribution is 2.22. The van der Waals surface area contributed by atoms with Crippen LogP contribution in [0.3, 0.4) is 0 Å². The molecule has 1 N–H and O–H groups in total. The lowest BCUT2D eigenvalue weighted by Crippen LogP contribution is -2.19. The van der Waals surface area contributed by atoms with Gasteiger partial charge in [-0.3, -0.25) is 0 Å². The molecule has 0 spiro atoms. The molecule has 0 unspecified atom stereocenters. The summed E-state index contributed by atoms with van der Waals surface area (Å²) in [6, 6.07) is 14.2. The average molecular weight is 333 g/mol. The second kappa shape index (κ2) is 9.16. The molecule has 4 heteroatoms. The molecule has 1 heterocycles. The van der Waals surface area contributed by atoms with Crippen molar-refractivity contribution in [3.63, 3.8) is 0 Å². The highest BCUT2D eigenvalue weighted by molar-refractivity contribution is 8.00. The zero-order chi connectivity index (χ0) is 16.5. The maximum absolute atomic E-state index is 5.77. The molecule has 0 bridgehead atoms. The van der Waals surface area contributed by atoms with Gasteiger partial charge in [0.15, 0.2) is 0 Å². The molecular weight excluding hydrogens is 306 g/mol. The summed E-state index contributed by atoms with van der Waals surface area (Å²) in [5, 5.41) is 3.41. The Labute approximate surface area is 143 Å². The number of rotatable bonds is 9. The van der Waals surface area contributed by atoms with Gasteiger partial charge in [0.25, 0.3) is 0 Å². The van der Waals surface area contributed by atoms with Crippen molar-refractivity contribution in [1.29, 1.82) is 0 Å². The number of ether oxygens (including phenoxy) is 1. The van der Waals surface area contributed by atoms with Crippen LogP contribution in [0.15, 0.2) is 46.9 Å². The summed E-state index contributed by atoms with van der Waals surface area (Å²) in [6.45, 7) is 9.60. The summed E-state index contributed by atoms with van der Waals surface area (Å²) in [5.41, 5.74) is 1.18. The molecule has 126 valence electrons. The topological polar surface area (TPSA) is 34.4 Å². The summed E-state index contributed by atoms with van der Waals surface area (Å²) < 4.78 is 11.8. The van der Waals surface area contributed by atoms with Crippen molar-refractivity contribution in [2.75, 3.05) is 12.3 Å². The van der Waals surface area contributed by atoms with Crippen LogP contribution < -0.4 is 5.32 Å². The minimum Gasteiger partial charge on any atom is -0.462 e. The van der Waals surface area contributed by atoms with Gasteiger partial charge in [-0.1, -0.05) is 51.1 Å². The van der Waals surface area contributed by atoms with Crippen molar-refractivity contribution < 1.29 is 9.15 Å². The molecule has 1 aromatic carbocycles. The molecule has 0 fully saturated rings. The highest BCUT2D eigenvalue weighted by Gasteiger charge is 2.09. The summed E-state index contributed by atoms with van der Waals surface area (Å²) in [6.07, 6.45) is 0. The third kappa shape index (κ3) is 7.73. The molecular formula is C19H27NO2S. The van der Waals surface area contributed by atoms with E-state index < -0.39 is 0 Å². The van der Waals surface area contributed by atoms with Crippen LogP contribution in [0.2, 0.25) is 0 Å². The SMILES string of the molecule is CC(C)(C)SCCNCc1ccc(COCc2ccccc2)o1. The largest absolute Gasteiger partial charge is 0.462 e. The molecule has 0 radical (unpaired) electrons. The molecule has 0 atom stereocenters. The monoisotopic (exact) mass is 333 g/mol. The molecule has 2 rings (SSSR count). The zero-order valence-electron chi connectivity index (χ0n) is 14.3. The van der Waals surface area contributed by atoms with Crippen LogP contribution in [0, 0.1) is 0 Å². The number of hydrogen-bond acceptors (Lipinski definition) is 4. The van der Waals surface area contributed by atoms with Gasteiger partial charge in [0, 0.05) is 17.0 Å². The van der Waals surface area contributed by atoms with Crippen molar-refractivity contribution in [2.45, 2.75) is 45.3 Å². The van der Waals surface area contributed by atoms with E-state index in [1.54, 1.807) is 0 Å². The van der Waals surface area contributed by atoms with Crippen LogP contribution in [-0.2, 0) is 24.5 Å². The first-order valence-corrected chi connectivity index (χ1v) is 9.05. The fourth-order valence-corrected chi connectivity index (χ4v) is 2.94. The Kier molecular flexibility index (Phi) is 7.21. The first-order chi connectivity index (χ1) is 11.0. The molecule has 0 amide bonds. The van der Waals surface area contributed by atoms with Crippen molar-refractivity contribution in [1.82, 2.24) is 5.32 Å². The zero-order valence-corrected chi connectivity index (χ0v) is 15.1. The summed E-state index contributed by atoms with van der Waals surface area (Å²) >= 11 is 1.97. The highest BCUT2D eigenvalue weighted by atomic mass is 32.2. The summed E-state index contributed by atoms with van der Waals surface area (Å²) in [4.78, 5) is 0. The smallest absolute Gasteiger partial charge is 0.129 e. The number of furan rings is 1. The minimum absolute atomic E-state index is 0.329. The lowest BCUT2D eigenvalue weighted by atomic mass is 10.2. The van der Waals surface area contributed by atoms with Crippen molar-refractivity contribution >= 4 is 11.8 Å². The van der Waals surface area contributed by atoms with Crippen LogP contribution >= 0.6 is 11.8 Å². The molecule has 0 aliphatic heterocycles. The van der Waals surface area contributed by atoms with Crippen molar-refractivity contribution in [3.8, 4) is 0 Å². The van der Waals surface area contributed by atoms with E-state index in [1.807, 2.05) is 42.1 Å². The fraction of sp³-hybridized carbons (Fsp3) is 0.474. The van der Waals surface area contributed by atoms with Gasteiger partial charge in [-0.2, -0.15) is 11.8 Å². The molecule has 1 aromatic heterocycles. The average Bonchev–Trinajstić information content (AvgIpc) is 2.95. The van der Waals surface area contributed by atoms with E-state index in [0.717, 1.165) is 30.4 Å². The third-order valence-corrected chi connectivity index (χ3v) is 4.46. The van der Waals surface area contributed by atoms with Gasteiger partial charge in [-0.25, -0.2) is 0 Å². The van der Waals surface area contributed by atoms with Crippen LogP contribution in [0.25, 0.3) is 0 Å². The van der Waals surface area contributed by atoms with E-state index in [0.29, 0.717) is 18.0 Å². The summed E-state index contributed by atoms with van der Waals surface area (Å²) in [5.74, 6) is 2.95. The first-order valence-electron chi connectivity index (χ1n) is 8.07. The van der Waals surface area contributed by atoms with Crippen LogP contribution in [0.4, 0.5) is 0 Å². The molecule has 0 saturated carbocycles. The van der Waals surface area contributed by atoms with E-state index in [2.05, 4.69) is 38.2 Å².